The number of amides is 3. The van der Waals surface area contributed by atoms with E-state index in [2.05, 4.69) is 20.7 Å². The van der Waals surface area contributed by atoms with Crippen LogP contribution >= 0.6 is 0 Å². The lowest BCUT2D eigenvalue weighted by Gasteiger charge is -2.19. The van der Waals surface area contributed by atoms with Crippen molar-refractivity contribution in [3.05, 3.63) is 77.7 Å². The monoisotopic (exact) mass is 624 g/mol. The fourth-order valence-corrected chi connectivity index (χ4v) is 4.65. The van der Waals surface area contributed by atoms with Gasteiger partial charge in [0.05, 0.1) is 23.3 Å². The summed E-state index contributed by atoms with van der Waals surface area (Å²) in [5.41, 5.74) is -1.39. The third-order valence-corrected chi connectivity index (χ3v) is 6.74. The summed E-state index contributed by atoms with van der Waals surface area (Å²) in [7, 11) is 0. The number of nitrogens with zero attached hydrogens (tertiary/aromatic N) is 4. The Kier molecular flexibility index (Phi) is 8.66. The van der Waals surface area contributed by atoms with Gasteiger partial charge < -0.3 is 25.0 Å². The summed E-state index contributed by atoms with van der Waals surface area (Å²) in [4.78, 5) is 44.3. The van der Waals surface area contributed by atoms with Crippen molar-refractivity contribution in [2.24, 2.45) is 0 Å². The molecule has 0 aliphatic carbocycles. The maximum atomic E-state index is 13.5. The van der Waals surface area contributed by atoms with Gasteiger partial charge >= 0.3 is 18.3 Å². The van der Waals surface area contributed by atoms with Crippen LogP contribution in [-0.2, 0) is 17.5 Å². The summed E-state index contributed by atoms with van der Waals surface area (Å²) >= 11 is 0. The van der Waals surface area contributed by atoms with Crippen LogP contribution in [0, 0.1) is 0 Å². The number of benzene rings is 2. The van der Waals surface area contributed by atoms with Crippen LogP contribution in [0.15, 0.2) is 60.8 Å². The van der Waals surface area contributed by atoms with Crippen LogP contribution in [0.1, 0.15) is 55.4 Å². The molecule has 0 saturated carbocycles. The van der Waals surface area contributed by atoms with Gasteiger partial charge in [0.25, 0.3) is 5.91 Å². The number of urea groups is 1. The SMILES string of the molecule is CC(C)(C)OC(=O)n1nc(C(=O)Nc2ccc(Oc3ccnc(CNC(=O)N4CCCC4)c3)cc2)c2cc(C(F)(F)F)ccc21. The number of hydrogen-bond donors (Lipinski definition) is 2. The third kappa shape index (κ3) is 7.69. The largest absolute Gasteiger partial charge is 0.457 e. The van der Waals surface area contributed by atoms with Gasteiger partial charge in [-0.2, -0.15) is 23.0 Å². The van der Waals surface area contributed by atoms with Crippen LogP contribution in [0.25, 0.3) is 10.9 Å². The Morgan fingerprint density at radius 2 is 1.64 bits per heavy atom. The molecule has 0 spiro atoms. The van der Waals surface area contributed by atoms with E-state index in [1.54, 1.807) is 68.3 Å². The molecule has 0 radical (unpaired) electrons. The van der Waals surface area contributed by atoms with Crippen molar-refractivity contribution in [1.82, 2.24) is 25.0 Å². The Hall–Kier alpha value is -5.14. The Labute approximate surface area is 256 Å². The minimum absolute atomic E-state index is 0.0153. The molecule has 3 amide bonds. The minimum atomic E-state index is -4.68. The smallest absolute Gasteiger partial charge is 0.435 e. The highest BCUT2D eigenvalue weighted by molar-refractivity contribution is 6.12. The van der Waals surface area contributed by atoms with Gasteiger partial charge in [0.2, 0.25) is 0 Å². The molecule has 11 nitrogen and oxygen atoms in total. The van der Waals surface area contributed by atoms with Gasteiger partial charge in [0.1, 0.15) is 17.1 Å². The standard InChI is InChI=1S/C31H31F3N6O5/c1-30(2,3)45-29(43)40-25-11-6-19(31(32,33)34)16-24(25)26(38-40)27(41)37-20-7-9-22(10-8-20)44-23-12-13-35-21(17-23)18-36-28(42)39-14-4-5-15-39/h6-13,16-17H,4-5,14-15,18H2,1-3H3,(H,36,42)(H,37,41). The molecule has 0 unspecified atom stereocenters. The summed E-state index contributed by atoms with van der Waals surface area (Å²) in [6, 6.07) is 12.1. The zero-order valence-corrected chi connectivity index (χ0v) is 24.8. The van der Waals surface area contributed by atoms with Crippen molar-refractivity contribution in [2.45, 2.75) is 51.9 Å². The van der Waals surface area contributed by atoms with Crippen molar-refractivity contribution < 1.29 is 37.0 Å². The van der Waals surface area contributed by atoms with E-state index in [1.807, 2.05) is 0 Å². The lowest BCUT2D eigenvalue weighted by Crippen LogP contribution is -2.37. The molecule has 3 heterocycles. The van der Waals surface area contributed by atoms with Gasteiger partial charge in [0, 0.05) is 36.4 Å². The molecule has 5 rings (SSSR count). The Balaban J connectivity index is 1.29. The van der Waals surface area contributed by atoms with Gasteiger partial charge in [-0.15, -0.1) is 0 Å². The summed E-state index contributed by atoms with van der Waals surface area (Å²) < 4.78 is 52.4. The van der Waals surface area contributed by atoms with Gasteiger partial charge in [-0.3, -0.25) is 9.78 Å². The molecule has 0 bridgehead atoms. The highest BCUT2D eigenvalue weighted by Crippen LogP contribution is 2.33. The summed E-state index contributed by atoms with van der Waals surface area (Å²) in [5.74, 6) is 0.0811. The molecule has 4 aromatic rings. The average Bonchev–Trinajstić information content (AvgIpc) is 3.65. The molecule has 1 fully saturated rings. The number of aromatic nitrogens is 3. The van der Waals surface area contributed by atoms with Crippen LogP contribution < -0.4 is 15.4 Å². The van der Waals surface area contributed by atoms with E-state index in [9.17, 15) is 27.6 Å². The first-order valence-corrected chi connectivity index (χ1v) is 14.2. The van der Waals surface area contributed by atoms with Crippen LogP contribution in [0.3, 0.4) is 0 Å². The van der Waals surface area contributed by atoms with Crippen molar-refractivity contribution in [1.29, 1.82) is 0 Å². The number of halogens is 3. The molecular formula is C31H31F3N6O5. The first-order valence-electron chi connectivity index (χ1n) is 14.2. The number of fused-ring (bicyclic) bond motifs is 1. The first kappa shape index (κ1) is 31.3. The van der Waals surface area contributed by atoms with E-state index < -0.39 is 29.3 Å². The normalized spacial score (nSPS) is 13.5. The second-order valence-corrected chi connectivity index (χ2v) is 11.4. The number of hydrogen-bond acceptors (Lipinski definition) is 7. The topological polar surface area (TPSA) is 128 Å². The fraction of sp³-hybridized carbons (Fsp3) is 0.323. The maximum Gasteiger partial charge on any atom is 0.435 e. The number of alkyl halides is 3. The number of rotatable bonds is 6. The van der Waals surface area contributed by atoms with E-state index in [-0.39, 0.29) is 29.2 Å². The van der Waals surface area contributed by atoms with E-state index in [1.165, 1.54) is 0 Å². The molecule has 1 aliphatic rings. The number of carbonyl (C=O) groups is 3. The molecule has 2 aromatic carbocycles. The molecule has 0 atom stereocenters. The number of nitrogens with one attached hydrogen (secondary N) is 2. The molecule has 14 heteroatoms. The molecule has 2 N–H and O–H groups in total. The lowest BCUT2D eigenvalue weighted by molar-refractivity contribution is -0.137. The van der Waals surface area contributed by atoms with Crippen LogP contribution in [0.4, 0.5) is 28.4 Å². The Morgan fingerprint density at radius 3 is 2.31 bits per heavy atom. The zero-order valence-electron chi connectivity index (χ0n) is 24.8. The van der Waals surface area contributed by atoms with E-state index in [0.29, 0.717) is 22.9 Å². The molecule has 45 heavy (non-hydrogen) atoms. The van der Waals surface area contributed by atoms with Gasteiger partial charge in [-0.25, -0.2) is 9.59 Å². The predicted molar refractivity (Wildman–Crippen MR) is 158 cm³/mol. The quantitative estimate of drug-likeness (QED) is 0.248. The maximum absolute atomic E-state index is 13.5. The highest BCUT2D eigenvalue weighted by Gasteiger charge is 2.33. The van der Waals surface area contributed by atoms with Gasteiger partial charge in [0.15, 0.2) is 5.69 Å². The van der Waals surface area contributed by atoms with Crippen molar-refractivity contribution in [2.75, 3.05) is 18.4 Å². The Bertz CT molecular complexity index is 1720. The lowest BCUT2D eigenvalue weighted by atomic mass is 10.1. The second kappa shape index (κ2) is 12.5. The second-order valence-electron chi connectivity index (χ2n) is 11.4. The molecular weight excluding hydrogens is 593 g/mol. The van der Waals surface area contributed by atoms with Gasteiger partial charge in [-0.1, -0.05) is 0 Å². The van der Waals surface area contributed by atoms with Crippen molar-refractivity contribution >= 4 is 34.6 Å². The van der Waals surface area contributed by atoms with E-state index in [0.717, 1.165) is 48.8 Å². The van der Waals surface area contributed by atoms with E-state index >= 15 is 0 Å². The minimum Gasteiger partial charge on any atom is -0.457 e. The molecule has 2 aromatic heterocycles. The molecule has 1 aliphatic heterocycles. The van der Waals surface area contributed by atoms with Crippen molar-refractivity contribution in [3.63, 3.8) is 0 Å². The number of carbonyl (C=O) groups excluding carboxylic acids is 3. The van der Waals surface area contributed by atoms with Crippen LogP contribution in [-0.4, -0.2) is 56.4 Å². The zero-order chi connectivity index (χ0) is 32.4. The Morgan fingerprint density at radius 1 is 0.933 bits per heavy atom. The highest BCUT2D eigenvalue weighted by atomic mass is 19.4. The summed E-state index contributed by atoms with van der Waals surface area (Å²) in [6.07, 6.45) is -2.07. The van der Waals surface area contributed by atoms with Gasteiger partial charge in [-0.05, 0) is 82.1 Å². The number of likely N-dealkylation sites (tertiary alicyclic amines) is 1. The number of anilines is 1. The first-order chi connectivity index (χ1) is 21.3. The summed E-state index contributed by atoms with van der Waals surface area (Å²) in [5, 5.41) is 9.31. The summed E-state index contributed by atoms with van der Waals surface area (Å²) in [6.45, 7) is 6.60. The molecule has 1 saturated heterocycles. The average molecular weight is 625 g/mol. The molecule has 236 valence electrons. The van der Waals surface area contributed by atoms with Crippen LogP contribution in [0.2, 0.25) is 0 Å². The van der Waals surface area contributed by atoms with Crippen LogP contribution in [0.5, 0.6) is 11.5 Å². The van der Waals surface area contributed by atoms with E-state index in [4.69, 9.17) is 9.47 Å². The fourth-order valence-electron chi connectivity index (χ4n) is 4.65. The number of pyridine rings is 1. The third-order valence-electron chi connectivity index (χ3n) is 6.74. The van der Waals surface area contributed by atoms with Crippen molar-refractivity contribution in [3.8, 4) is 11.5 Å². The predicted octanol–water partition coefficient (Wildman–Crippen LogP) is 6.58. The number of ether oxygens (including phenoxy) is 2.